The van der Waals surface area contributed by atoms with Gasteiger partial charge in [-0.25, -0.2) is 9.97 Å². The van der Waals surface area contributed by atoms with Crippen molar-refractivity contribution in [1.29, 1.82) is 0 Å². The zero-order valence-electron chi connectivity index (χ0n) is 12.6. The molecule has 4 heterocycles. The van der Waals surface area contributed by atoms with Crippen LogP contribution < -0.4 is 5.73 Å². The van der Waals surface area contributed by atoms with Crippen LogP contribution in [0.5, 0.6) is 0 Å². The second kappa shape index (κ2) is 4.95. The van der Waals surface area contributed by atoms with Gasteiger partial charge >= 0.3 is 0 Å². The molecule has 4 rings (SSSR count). The number of aliphatic hydroxyl groups excluding tert-OH is 1. The Bertz CT molecular complexity index is 818. The molecule has 0 amide bonds. The Kier molecular flexibility index (Phi) is 3.22. The molecule has 2 saturated heterocycles. The van der Waals surface area contributed by atoms with Gasteiger partial charge in [0.1, 0.15) is 29.5 Å². The SMILES string of the molecule is CC1(C)OC[C@H]2O[C@@H](n3cnc4c(=S)nc(N)[nH]c43)[C@@H](O)[C@@H]2O1. The summed E-state index contributed by atoms with van der Waals surface area (Å²) in [6.45, 7) is 3.95. The highest BCUT2D eigenvalue weighted by atomic mass is 32.1. The quantitative estimate of drug-likeness (QED) is 0.642. The zero-order valence-corrected chi connectivity index (χ0v) is 13.4. The molecule has 4 N–H and O–H groups in total. The second-order valence-corrected chi connectivity index (χ2v) is 6.51. The van der Waals surface area contributed by atoms with Crippen molar-refractivity contribution in [3.05, 3.63) is 11.0 Å². The van der Waals surface area contributed by atoms with Crippen molar-refractivity contribution in [3.63, 3.8) is 0 Å². The summed E-state index contributed by atoms with van der Waals surface area (Å²) in [5.74, 6) is -0.582. The number of imidazole rings is 1. The minimum Gasteiger partial charge on any atom is -0.386 e. The molecule has 124 valence electrons. The van der Waals surface area contributed by atoms with E-state index in [-0.39, 0.29) is 12.1 Å². The van der Waals surface area contributed by atoms with Crippen LogP contribution in [0.15, 0.2) is 6.33 Å². The summed E-state index contributed by atoms with van der Waals surface area (Å²) >= 11 is 5.16. The van der Waals surface area contributed by atoms with Crippen LogP contribution in [-0.4, -0.2) is 55.3 Å². The topological polar surface area (TPSA) is 120 Å². The largest absolute Gasteiger partial charge is 0.386 e. The summed E-state index contributed by atoms with van der Waals surface area (Å²) in [5.41, 5.74) is 6.76. The van der Waals surface area contributed by atoms with E-state index >= 15 is 0 Å². The third-order valence-electron chi connectivity index (χ3n) is 4.06. The first kappa shape index (κ1) is 15.0. The molecule has 2 fully saturated rings. The van der Waals surface area contributed by atoms with Crippen LogP contribution in [0, 0.1) is 4.64 Å². The van der Waals surface area contributed by atoms with Gasteiger partial charge in [-0.15, -0.1) is 0 Å². The van der Waals surface area contributed by atoms with Crippen molar-refractivity contribution >= 4 is 29.3 Å². The molecule has 0 aliphatic carbocycles. The van der Waals surface area contributed by atoms with Crippen LogP contribution in [0.4, 0.5) is 5.95 Å². The number of hydrogen-bond donors (Lipinski definition) is 3. The fourth-order valence-corrected chi connectivity index (χ4v) is 3.27. The van der Waals surface area contributed by atoms with Gasteiger partial charge in [0.05, 0.1) is 12.9 Å². The van der Waals surface area contributed by atoms with Crippen molar-refractivity contribution in [2.24, 2.45) is 0 Å². The van der Waals surface area contributed by atoms with Crippen molar-refractivity contribution in [1.82, 2.24) is 19.5 Å². The monoisotopic (exact) mass is 339 g/mol. The normalized spacial score (nSPS) is 33.0. The zero-order chi connectivity index (χ0) is 16.4. The molecule has 2 aromatic rings. The Hall–Kier alpha value is -1.59. The van der Waals surface area contributed by atoms with Crippen molar-refractivity contribution in [2.45, 2.75) is 44.2 Å². The number of nitrogens with one attached hydrogen (secondary N) is 1. The Balaban J connectivity index is 1.73. The standard InChI is InChI=1S/C13H17N5O4S/c1-13(2)20-3-5-8(22-13)7(19)11(21-5)18-4-15-6-9(18)16-12(14)17-10(6)23/h4-5,7-8,11,19H,3H2,1-2H3,(H3,14,16,17,23)/t5-,7+,8-,11-/m1/s1. The Morgan fingerprint density at radius 2 is 2.30 bits per heavy atom. The summed E-state index contributed by atoms with van der Waals surface area (Å²) in [6.07, 6.45) is -0.863. The molecule has 4 atom stereocenters. The van der Waals surface area contributed by atoms with E-state index in [1.807, 2.05) is 0 Å². The molecule has 2 aliphatic rings. The van der Waals surface area contributed by atoms with Gasteiger partial charge in [0, 0.05) is 0 Å². The van der Waals surface area contributed by atoms with Gasteiger partial charge < -0.3 is 30.0 Å². The molecule has 0 aromatic carbocycles. The number of anilines is 1. The van der Waals surface area contributed by atoms with Gasteiger partial charge in [-0.3, -0.25) is 4.57 Å². The number of nitrogens with zero attached hydrogens (tertiary/aromatic N) is 3. The third kappa shape index (κ3) is 2.34. The molecule has 0 bridgehead atoms. The van der Waals surface area contributed by atoms with Crippen molar-refractivity contribution < 1.29 is 19.3 Å². The number of aliphatic hydroxyl groups is 1. The maximum Gasteiger partial charge on any atom is 0.200 e. The predicted molar refractivity (Wildman–Crippen MR) is 81.9 cm³/mol. The lowest BCUT2D eigenvalue weighted by Gasteiger charge is -2.37. The summed E-state index contributed by atoms with van der Waals surface area (Å²) in [4.78, 5) is 11.1. The summed E-state index contributed by atoms with van der Waals surface area (Å²) < 4.78 is 19.2. The number of nitrogens with two attached hydrogens (primary N) is 1. The molecule has 2 aliphatic heterocycles. The molecule has 0 spiro atoms. The molecule has 0 radical (unpaired) electrons. The van der Waals surface area contributed by atoms with Crippen molar-refractivity contribution in [2.75, 3.05) is 12.3 Å². The molecule has 0 unspecified atom stereocenters. The molecule has 23 heavy (non-hydrogen) atoms. The lowest BCUT2D eigenvalue weighted by molar-refractivity contribution is -0.300. The van der Waals surface area contributed by atoms with Crippen LogP contribution in [0.2, 0.25) is 0 Å². The Labute approximate surface area is 136 Å². The van der Waals surface area contributed by atoms with Gasteiger partial charge in [-0.05, 0) is 13.8 Å². The fraction of sp³-hybridized carbons (Fsp3) is 0.615. The van der Waals surface area contributed by atoms with Crippen LogP contribution in [-0.2, 0) is 14.2 Å². The highest BCUT2D eigenvalue weighted by Gasteiger charge is 2.51. The number of H-pyrrole nitrogens is 1. The first-order valence-electron chi connectivity index (χ1n) is 7.23. The van der Waals surface area contributed by atoms with Gasteiger partial charge in [0.25, 0.3) is 0 Å². The molecule has 10 heteroatoms. The first-order valence-corrected chi connectivity index (χ1v) is 7.64. The molecule has 0 saturated carbocycles. The minimum atomic E-state index is -0.878. The lowest BCUT2D eigenvalue weighted by Crippen LogP contribution is -2.50. The van der Waals surface area contributed by atoms with E-state index in [2.05, 4.69) is 15.0 Å². The molecule has 9 nitrogen and oxygen atoms in total. The highest BCUT2D eigenvalue weighted by Crippen LogP contribution is 2.38. The van der Waals surface area contributed by atoms with Gasteiger partial charge in [-0.2, -0.15) is 0 Å². The Morgan fingerprint density at radius 1 is 1.52 bits per heavy atom. The summed E-state index contributed by atoms with van der Waals surface area (Å²) in [7, 11) is 0. The van der Waals surface area contributed by atoms with E-state index in [4.69, 9.17) is 32.2 Å². The van der Waals surface area contributed by atoms with Gasteiger partial charge in [-0.1, -0.05) is 12.2 Å². The number of ether oxygens (including phenoxy) is 3. The van der Waals surface area contributed by atoms with E-state index < -0.39 is 24.2 Å². The summed E-state index contributed by atoms with van der Waals surface area (Å²) in [6, 6.07) is 0. The lowest BCUT2D eigenvalue weighted by atomic mass is 10.1. The third-order valence-corrected chi connectivity index (χ3v) is 4.35. The Morgan fingerprint density at radius 3 is 3.09 bits per heavy atom. The van der Waals surface area contributed by atoms with Gasteiger partial charge in [0.15, 0.2) is 22.6 Å². The maximum absolute atomic E-state index is 10.6. The number of aromatic amines is 1. The van der Waals surface area contributed by atoms with E-state index in [0.29, 0.717) is 22.4 Å². The van der Waals surface area contributed by atoms with Crippen LogP contribution >= 0.6 is 12.2 Å². The van der Waals surface area contributed by atoms with Crippen LogP contribution in [0.3, 0.4) is 0 Å². The van der Waals surface area contributed by atoms with Crippen molar-refractivity contribution in [3.8, 4) is 0 Å². The highest BCUT2D eigenvalue weighted by molar-refractivity contribution is 7.71. The molecular weight excluding hydrogens is 322 g/mol. The number of rotatable bonds is 1. The van der Waals surface area contributed by atoms with E-state index in [0.717, 1.165) is 0 Å². The number of nitrogen functional groups attached to an aromatic ring is 1. The summed E-state index contributed by atoms with van der Waals surface area (Å²) in [5, 5.41) is 10.6. The predicted octanol–water partition coefficient (Wildman–Crippen LogP) is 0.481. The van der Waals surface area contributed by atoms with Crippen LogP contribution in [0.1, 0.15) is 20.1 Å². The number of hydrogen-bond acceptors (Lipinski definition) is 8. The average molecular weight is 339 g/mol. The molecule has 2 aromatic heterocycles. The van der Waals surface area contributed by atoms with Gasteiger partial charge in [0.2, 0.25) is 0 Å². The minimum absolute atomic E-state index is 0.176. The van der Waals surface area contributed by atoms with E-state index in [9.17, 15) is 5.11 Å². The number of fused-ring (bicyclic) bond motifs is 2. The van der Waals surface area contributed by atoms with E-state index in [1.54, 1.807) is 18.4 Å². The second-order valence-electron chi connectivity index (χ2n) is 6.13. The molecular formula is C13H17N5O4S. The maximum atomic E-state index is 10.6. The smallest absolute Gasteiger partial charge is 0.200 e. The van der Waals surface area contributed by atoms with E-state index in [1.165, 1.54) is 6.33 Å². The fourth-order valence-electron chi connectivity index (χ4n) is 3.02. The number of aromatic nitrogens is 4. The van der Waals surface area contributed by atoms with Crippen LogP contribution in [0.25, 0.3) is 11.2 Å². The first-order chi connectivity index (χ1) is 10.9. The average Bonchev–Trinajstić information content (AvgIpc) is 3.00.